The first-order chi connectivity index (χ1) is 7.71. The third kappa shape index (κ3) is 3.51. The summed E-state index contributed by atoms with van der Waals surface area (Å²) in [6.45, 7) is 1.91. The third-order valence-electron chi connectivity index (χ3n) is 2.85. The van der Waals surface area contributed by atoms with Crippen molar-refractivity contribution in [3.8, 4) is 5.75 Å². The van der Waals surface area contributed by atoms with E-state index in [-0.39, 0.29) is 12.5 Å². The average molecular weight is 224 g/mol. The van der Waals surface area contributed by atoms with Gasteiger partial charge in [0, 0.05) is 0 Å². The van der Waals surface area contributed by atoms with E-state index >= 15 is 0 Å². The SMILES string of the molecule is CCC(CC(O)CO)c1ccc(OC)cc1. The summed E-state index contributed by atoms with van der Waals surface area (Å²) in [7, 11) is 1.64. The predicted molar refractivity (Wildman–Crippen MR) is 63.7 cm³/mol. The van der Waals surface area contributed by atoms with Crippen molar-refractivity contribution in [3.63, 3.8) is 0 Å². The number of aliphatic hydroxyl groups is 2. The van der Waals surface area contributed by atoms with E-state index in [9.17, 15) is 5.11 Å². The summed E-state index contributed by atoms with van der Waals surface area (Å²) in [5.41, 5.74) is 1.18. The van der Waals surface area contributed by atoms with Crippen LogP contribution in [-0.2, 0) is 0 Å². The Hall–Kier alpha value is -1.06. The van der Waals surface area contributed by atoms with Crippen LogP contribution in [0.25, 0.3) is 0 Å². The Kier molecular flexibility index (Phi) is 5.29. The Morgan fingerprint density at radius 3 is 2.31 bits per heavy atom. The lowest BCUT2D eigenvalue weighted by atomic mass is 9.91. The molecule has 0 aliphatic heterocycles. The van der Waals surface area contributed by atoms with E-state index in [1.165, 1.54) is 5.56 Å². The molecule has 1 rings (SSSR count). The van der Waals surface area contributed by atoms with Gasteiger partial charge in [-0.2, -0.15) is 0 Å². The topological polar surface area (TPSA) is 49.7 Å². The summed E-state index contributed by atoms with van der Waals surface area (Å²) >= 11 is 0. The van der Waals surface area contributed by atoms with Crippen molar-refractivity contribution in [2.24, 2.45) is 0 Å². The predicted octanol–water partition coefficient (Wildman–Crippen LogP) is 1.93. The van der Waals surface area contributed by atoms with Crippen LogP contribution in [0.1, 0.15) is 31.2 Å². The van der Waals surface area contributed by atoms with Gasteiger partial charge in [-0.15, -0.1) is 0 Å². The fourth-order valence-electron chi connectivity index (χ4n) is 1.82. The van der Waals surface area contributed by atoms with Crippen molar-refractivity contribution in [1.29, 1.82) is 0 Å². The van der Waals surface area contributed by atoms with Gasteiger partial charge in [0.1, 0.15) is 5.75 Å². The number of benzene rings is 1. The van der Waals surface area contributed by atoms with E-state index in [4.69, 9.17) is 9.84 Å². The van der Waals surface area contributed by atoms with Crippen LogP contribution in [0, 0.1) is 0 Å². The van der Waals surface area contributed by atoms with Gasteiger partial charge in [0.15, 0.2) is 0 Å². The Labute approximate surface area is 96.7 Å². The lowest BCUT2D eigenvalue weighted by Gasteiger charge is -2.18. The minimum atomic E-state index is -0.632. The van der Waals surface area contributed by atoms with E-state index in [1.54, 1.807) is 7.11 Å². The molecule has 0 radical (unpaired) electrons. The Bertz CT molecular complexity index is 295. The van der Waals surface area contributed by atoms with Crippen LogP contribution in [-0.4, -0.2) is 30.0 Å². The molecule has 0 spiro atoms. The Morgan fingerprint density at radius 1 is 1.25 bits per heavy atom. The largest absolute Gasteiger partial charge is 0.497 e. The molecule has 0 aliphatic rings. The van der Waals surface area contributed by atoms with Gasteiger partial charge in [0.2, 0.25) is 0 Å². The second-order valence-electron chi connectivity index (χ2n) is 3.95. The summed E-state index contributed by atoms with van der Waals surface area (Å²) in [5, 5.41) is 18.3. The number of hydrogen-bond donors (Lipinski definition) is 2. The molecule has 2 atom stereocenters. The molecule has 0 saturated heterocycles. The fourth-order valence-corrected chi connectivity index (χ4v) is 1.82. The molecule has 3 nitrogen and oxygen atoms in total. The average Bonchev–Trinajstić information content (AvgIpc) is 2.35. The minimum absolute atomic E-state index is 0.174. The number of methoxy groups -OCH3 is 1. The maximum absolute atomic E-state index is 9.45. The van der Waals surface area contributed by atoms with Gasteiger partial charge in [-0.05, 0) is 36.5 Å². The fraction of sp³-hybridized carbons (Fsp3) is 0.538. The molecule has 2 N–H and O–H groups in total. The van der Waals surface area contributed by atoms with Gasteiger partial charge >= 0.3 is 0 Å². The van der Waals surface area contributed by atoms with Crippen LogP contribution in [0.2, 0.25) is 0 Å². The van der Waals surface area contributed by atoms with E-state index in [2.05, 4.69) is 6.92 Å². The van der Waals surface area contributed by atoms with Crippen molar-refractivity contribution >= 4 is 0 Å². The number of aliphatic hydroxyl groups excluding tert-OH is 2. The van der Waals surface area contributed by atoms with Crippen molar-refractivity contribution in [1.82, 2.24) is 0 Å². The summed E-state index contributed by atoms with van der Waals surface area (Å²) in [5.74, 6) is 1.12. The highest BCUT2D eigenvalue weighted by molar-refractivity contribution is 5.29. The molecule has 0 fully saturated rings. The summed E-state index contributed by atoms with van der Waals surface area (Å²) < 4.78 is 5.10. The first-order valence-electron chi connectivity index (χ1n) is 5.64. The molecule has 0 heterocycles. The monoisotopic (exact) mass is 224 g/mol. The highest BCUT2D eigenvalue weighted by Crippen LogP contribution is 2.26. The second kappa shape index (κ2) is 6.51. The van der Waals surface area contributed by atoms with Crippen molar-refractivity contribution in [3.05, 3.63) is 29.8 Å². The number of hydrogen-bond acceptors (Lipinski definition) is 3. The van der Waals surface area contributed by atoms with Crippen molar-refractivity contribution in [2.75, 3.05) is 13.7 Å². The van der Waals surface area contributed by atoms with E-state index in [0.29, 0.717) is 6.42 Å². The second-order valence-corrected chi connectivity index (χ2v) is 3.95. The van der Waals surface area contributed by atoms with Crippen LogP contribution >= 0.6 is 0 Å². The lowest BCUT2D eigenvalue weighted by Crippen LogP contribution is -2.16. The number of rotatable bonds is 6. The molecule has 0 aliphatic carbocycles. The van der Waals surface area contributed by atoms with E-state index in [0.717, 1.165) is 12.2 Å². The van der Waals surface area contributed by atoms with Crippen LogP contribution in [0.5, 0.6) is 5.75 Å². The number of ether oxygens (including phenoxy) is 1. The molecule has 90 valence electrons. The van der Waals surface area contributed by atoms with Crippen LogP contribution in [0.15, 0.2) is 24.3 Å². The normalized spacial score (nSPS) is 14.5. The van der Waals surface area contributed by atoms with Gasteiger partial charge in [-0.25, -0.2) is 0 Å². The molecule has 0 aromatic heterocycles. The Balaban J connectivity index is 2.70. The molecule has 1 aromatic rings. The summed E-state index contributed by atoms with van der Waals surface area (Å²) in [6.07, 6.45) is 0.912. The summed E-state index contributed by atoms with van der Waals surface area (Å²) in [4.78, 5) is 0. The zero-order valence-corrected chi connectivity index (χ0v) is 9.89. The maximum Gasteiger partial charge on any atom is 0.118 e. The molecule has 0 amide bonds. The molecule has 3 heteroatoms. The van der Waals surface area contributed by atoms with Crippen LogP contribution < -0.4 is 4.74 Å². The molecule has 1 aromatic carbocycles. The smallest absolute Gasteiger partial charge is 0.118 e. The summed E-state index contributed by atoms with van der Waals surface area (Å²) in [6, 6.07) is 7.86. The molecular formula is C13H20O3. The highest BCUT2D eigenvalue weighted by Gasteiger charge is 2.14. The van der Waals surface area contributed by atoms with E-state index in [1.807, 2.05) is 24.3 Å². The molecule has 0 saturated carbocycles. The van der Waals surface area contributed by atoms with Gasteiger partial charge in [0.05, 0.1) is 19.8 Å². The van der Waals surface area contributed by atoms with Gasteiger partial charge in [-0.1, -0.05) is 19.1 Å². The van der Waals surface area contributed by atoms with Gasteiger partial charge in [0.25, 0.3) is 0 Å². The minimum Gasteiger partial charge on any atom is -0.497 e. The quantitative estimate of drug-likeness (QED) is 0.776. The first-order valence-corrected chi connectivity index (χ1v) is 5.64. The maximum atomic E-state index is 9.45. The van der Waals surface area contributed by atoms with Crippen molar-refractivity contribution < 1.29 is 14.9 Å². The van der Waals surface area contributed by atoms with Crippen LogP contribution in [0.3, 0.4) is 0 Å². The van der Waals surface area contributed by atoms with Gasteiger partial charge < -0.3 is 14.9 Å². The standard InChI is InChI=1S/C13H20O3/c1-3-10(8-12(15)9-14)11-4-6-13(16-2)7-5-11/h4-7,10,12,14-15H,3,8-9H2,1-2H3. The van der Waals surface area contributed by atoms with Crippen LogP contribution in [0.4, 0.5) is 0 Å². The van der Waals surface area contributed by atoms with E-state index < -0.39 is 6.10 Å². The van der Waals surface area contributed by atoms with Crippen molar-refractivity contribution in [2.45, 2.75) is 31.8 Å². The molecule has 0 bridgehead atoms. The zero-order valence-electron chi connectivity index (χ0n) is 9.89. The highest BCUT2D eigenvalue weighted by atomic mass is 16.5. The molecular weight excluding hydrogens is 204 g/mol. The molecule has 16 heavy (non-hydrogen) atoms. The third-order valence-corrected chi connectivity index (χ3v) is 2.85. The first kappa shape index (κ1) is 13.0. The molecule has 2 unspecified atom stereocenters. The lowest BCUT2D eigenvalue weighted by molar-refractivity contribution is 0.0817. The van der Waals surface area contributed by atoms with Gasteiger partial charge in [-0.3, -0.25) is 0 Å². The zero-order chi connectivity index (χ0) is 12.0. The Morgan fingerprint density at radius 2 is 1.88 bits per heavy atom.